The summed E-state index contributed by atoms with van der Waals surface area (Å²) in [6.07, 6.45) is 1.80. The SMILES string of the molecule is CCN(CC)C(=O)CSc1nnc(Cn2cnc3ccccc32)n1-c1ccccc1Cl. The predicted octanol–water partition coefficient (Wildman–Crippen LogP) is 4.28. The third-order valence-electron chi connectivity index (χ3n) is 5.07. The van der Waals surface area contributed by atoms with Gasteiger partial charge in [-0.3, -0.25) is 9.36 Å². The summed E-state index contributed by atoms with van der Waals surface area (Å²) >= 11 is 7.88. The van der Waals surface area contributed by atoms with E-state index in [4.69, 9.17) is 11.6 Å². The van der Waals surface area contributed by atoms with Gasteiger partial charge in [-0.05, 0) is 38.1 Å². The van der Waals surface area contributed by atoms with Gasteiger partial charge in [0.15, 0.2) is 11.0 Å². The first kappa shape index (κ1) is 21.4. The fourth-order valence-electron chi connectivity index (χ4n) is 3.45. The maximum absolute atomic E-state index is 12.5. The average molecular weight is 455 g/mol. The van der Waals surface area contributed by atoms with Crippen molar-refractivity contribution in [3.05, 3.63) is 65.7 Å². The lowest BCUT2D eigenvalue weighted by molar-refractivity contribution is -0.127. The lowest BCUT2D eigenvalue weighted by Gasteiger charge is -2.18. The van der Waals surface area contributed by atoms with Crippen LogP contribution in [0.4, 0.5) is 0 Å². The molecule has 2 aromatic heterocycles. The molecule has 0 aliphatic rings. The highest BCUT2D eigenvalue weighted by Gasteiger charge is 2.19. The molecule has 0 saturated carbocycles. The number of amides is 1. The molecule has 0 aliphatic carbocycles. The molecule has 0 atom stereocenters. The van der Waals surface area contributed by atoms with Gasteiger partial charge in [0.2, 0.25) is 5.91 Å². The monoisotopic (exact) mass is 454 g/mol. The quantitative estimate of drug-likeness (QED) is 0.372. The number of halogens is 1. The van der Waals surface area contributed by atoms with Crippen molar-refractivity contribution in [1.82, 2.24) is 29.2 Å². The van der Waals surface area contributed by atoms with Crippen molar-refractivity contribution in [2.75, 3.05) is 18.8 Å². The van der Waals surface area contributed by atoms with Gasteiger partial charge in [0.1, 0.15) is 0 Å². The van der Waals surface area contributed by atoms with Gasteiger partial charge >= 0.3 is 0 Å². The number of carbonyl (C=O) groups is 1. The Labute approximate surface area is 190 Å². The number of aromatic nitrogens is 5. The molecule has 0 bridgehead atoms. The van der Waals surface area contributed by atoms with Crippen molar-refractivity contribution in [1.29, 1.82) is 0 Å². The number of fused-ring (bicyclic) bond motifs is 1. The minimum atomic E-state index is 0.0749. The van der Waals surface area contributed by atoms with Gasteiger partial charge in [0.05, 0.1) is 40.4 Å². The Morgan fingerprint density at radius 2 is 1.81 bits per heavy atom. The van der Waals surface area contributed by atoms with Crippen molar-refractivity contribution in [2.24, 2.45) is 0 Å². The first-order chi connectivity index (χ1) is 15.1. The van der Waals surface area contributed by atoms with E-state index in [1.807, 2.05) is 76.4 Å². The maximum atomic E-state index is 12.5. The normalized spacial score (nSPS) is 11.2. The minimum absolute atomic E-state index is 0.0749. The molecule has 4 rings (SSSR count). The minimum Gasteiger partial charge on any atom is -0.343 e. The Balaban J connectivity index is 1.69. The first-order valence-electron chi connectivity index (χ1n) is 10.1. The predicted molar refractivity (Wildman–Crippen MR) is 124 cm³/mol. The molecular weight excluding hydrogens is 432 g/mol. The standard InChI is InChI=1S/C22H23ClN6OS/c1-3-27(4-2)21(30)14-31-22-26-25-20(29(22)18-11-7-5-9-16(18)23)13-28-15-24-17-10-6-8-12-19(17)28/h5-12,15H,3-4,13-14H2,1-2H3. The number of hydrogen-bond donors (Lipinski definition) is 0. The second kappa shape index (κ2) is 9.53. The summed E-state index contributed by atoms with van der Waals surface area (Å²) in [4.78, 5) is 18.8. The van der Waals surface area contributed by atoms with Crippen molar-refractivity contribution < 1.29 is 4.79 Å². The Bertz CT molecular complexity index is 1200. The van der Waals surface area contributed by atoms with E-state index in [2.05, 4.69) is 15.2 Å². The molecule has 2 heterocycles. The van der Waals surface area contributed by atoms with Crippen LogP contribution >= 0.6 is 23.4 Å². The molecule has 0 fully saturated rings. The van der Waals surface area contributed by atoms with Crippen LogP contribution in [0.25, 0.3) is 16.7 Å². The highest BCUT2D eigenvalue weighted by molar-refractivity contribution is 7.99. The average Bonchev–Trinajstić information content (AvgIpc) is 3.38. The van der Waals surface area contributed by atoms with Gasteiger partial charge in [-0.1, -0.05) is 47.6 Å². The summed E-state index contributed by atoms with van der Waals surface area (Å²) in [5.41, 5.74) is 2.72. The molecule has 1 amide bonds. The van der Waals surface area contributed by atoms with E-state index < -0.39 is 0 Å². The van der Waals surface area contributed by atoms with Gasteiger partial charge in [0.25, 0.3) is 0 Å². The molecule has 7 nitrogen and oxygen atoms in total. The summed E-state index contributed by atoms with van der Waals surface area (Å²) in [6, 6.07) is 15.5. The van der Waals surface area contributed by atoms with Gasteiger partial charge in [-0.2, -0.15) is 0 Å². The maximum Gasteiger partial charge on any atom is 0.233 e. The zero-order valence-corrected chi connectivity index (χ0v) is 19.0. The second-order valence-electron chi connectivity index (χ2n) is 6.90. The van der Waals surface area contributed by atoms with E-state index >= 15 is 0 Å². The Hall–Kier alpha value is -2.84. The number of imidazole rings is 1. The summed E-state index contributed by atoms with van der Waals surface area (Å²) in [5.74, 6) is 1.08. The zero-order chi connectivity index (χ0) is 21.8. The van der Waals surface area contributed by atoms with Crippen LogP contribution in [-0.4, -0.2) is 54.0 Å². The van der Waals surface area contributed by atoms with E-state index in [-0.39, 0.29) is 11.7 Å². The fraction of sp³-hybridized carbons (Fsp3) is 0.273. The number of hydrogen-bond acceptors (Lipinski definition) is 5. The number of para-hydroxylation sites is 3. The number of rotatable bonds is 8. The van der Waals surface area contributed by atoms with Crippen LogP contribution in [-0.2, 0) is 11.3 Å². The molecule has 0 saturated heterocycles. The molecule has 0 aliphatic heterocycles. The number of benzene rings is 2. The van der Waals surface area contributed by atoms with Crippen LogP contribution in [0.1, 0.15) is 19.7 Å². The lowest BCUT2D eigenvalue weighted by Crippen LogP contribution is -2.31. The van der Waals surface area contributed by atoms with E-state index in [1.165, 1.54) is 11.8 Å². The molecule has 0 N–H and O–H groups in total. The molecule has 4 aromatic rings. The van der Waals surface area contributed by atoms with Crippen LogP contribution in [0.3, 0.4) is 0 Å². The molecule has 31 heavy (non-hydrogen) atoms. The summed E-state index contributed by atoms with van der Waals surface area (Å²) in [5, 5.41) is 10.1. The molecular formula is C22H23ClN6OS. The summed E-state index contributed by atoms with van der Waals surface area (Å²) in [7, 11) is 0. The van der Waals surface area contributed by atoms with Gasteiger partial charge in [0, 0.05) is 13.1 Å². The molecule has 2 aromatic carbocycles. The van der Waals surface area contributed by atoms with Crippen LogP contribution in [0.2, 0.25) is 5.02 Å². The highest BCUT2D eigenvalue weighted by Crippen LogP contribution is 2.28. The molecule has 0 unspecified atom stereocenters. The van der Waals surface area contributed by atoms with E-state index in [1.54, 1.807) is 6.33 Å². The number of carbonyl (C=O) groups excluding carboxylic acids is 1. The highest BCUT2D eigenvalue weighted by atomic mass is 35.5. The van der Waals surface area contributed by atoms with Crippen molar-refractivity contribution >= 4 is 40.3 Å². The Morgan fingerprint density at radius 1 is 1.06 bits per heavy atom. The smallest absolute Gasteiger partial charge is 0.233 e. The van der Waals surface area contributed by atoms with Gasteiger partial charge in [-0.25, -0.2) is 4.98 Å². The van der Waals surface area contributed by atoms with Crippen LogP contribution in [0, 0.1) is 0 Å². The van der Waals surface area contributed by atoms with E-state index in [0.717, 1.165) is 16.7 Å². The second-order valence-corrected chi connectivity index (χ2v) is 8.25. The van der Waals surface area contributed by atoms with E-state index in [9.17, 15) is 4.79 Å². The third-order valence-corrected chi connectivity index (χ3v) is 6.31. The molecule has 0 spiro atoms. The zero-order valence-electron chi connectivity index (χ0n) is 17.4. The van der Waals surface area contributed by atoms with Crippen molar-refractivity contribution in [3.63, 3.8) is 0 Å². The fourth-order valence-corrected chi connectivity index (χ4v) is 4.54. The Kier molecular flexibility index (Phi) is 6.58. The van der Waals surface area contributed by atoms with Gasteiger partial charge in [-0.15, -0.1) is 10.2 Å². The topological polar surface area (TPSA) is 68.8 Å². The Morgan fingerprint density at radius 3 is 2.58 bits per heavy atom. The summed E-state index contributed by atoms with van der Waals surface area (Å²) < 4.78 is 3.96. The van der Waals surface area contributed by atoms with Crippen molar-refractivity contribution in [3.8, 4) is 5.69 Å². The summed E-state index contributed by atoms with van der Waals surface area (Å²) in [6.45, 7) is 5.80. The first-order valence-corrected chi connectivity index (χ1v) is 11.5. The largest absolute Gasteiger partial charge is 0.343 e. The molecule has 9 heteroatoms. The lowest BCUT2D eigenvalue weighted by atomic mass is 10.3. The van der Waals surface area contributed by atoms with Crippen LogP contribution in [0.15, 0.2) is 60.0 Å². The van der Waals surface area contributed by atoms with Crippen molar-refractivity contribution in [2.45, 2.75) is 25.5 Å². The van der Waals surface area contributed by atoms with Crippen LogP contribution < -0.4 is 0 Å². The number of nitrogens with zero attached hydrogens (tertiary/aromatic N) is 6. The van der Waals surface area contributed by atoms with Gasteiger partial charge < -0.3 is 9.47 Å². The molecule has 0 radical (unpaired) electrons. The van der Waals surface area contributed by atoms with Crippen LogP contribution in [0.5, 0.6) is 0 Å². The number of thioether (sulfide) groups is 1. The third kappa shape index (κ3) is 4.45. The van der Waals surface area contributed by atoms with E-state index in [0.29, 0.717) is 35.6 Å². The molecule has 160 valence electrons.